The van der Waals surface area contributed by atoms with Crippen molar-refractivity contribution in [2.75, 3.05) is 0 Å². The molecule has 0 saturated heterocycles. The number of rotatable bonds is 1. The molecular formula is C16H12FN3O2. The predicted octanol–water partition coefficient (Wildman–Crippen LogP) is 2.43. The Hall–Kier alpha value is -2.99. The average Bonchev–Trinajstić information content (AvgIpc) is 2.86. The molecule has 2 aromatic heterocycles. The van der Waals surface area contributed by atoms with Gasteiger partial charge >= 0.3 is 5.88 Å². The molecule has 0 saturated carbocycles. The Kier molecular flexibility index (Phi) is 3.23. The summed E-state index contributed by atoms with van der Waals surface area (Å²) in [7, 11) is 0. The maximum atomic E-state index is 13.0. The van der Waals surface area contributed by atoms with E-state index in [1.165, 1.54) is 16.8 Å². The van der Waals surface area contributed by atoms with Crippen LogP contribution in [0.2, 0.25) is 0 Å². The monoisotopic (exact) mass is 297 g/mol. The van der Waals surface area contributed by atoms with Crippen LogP contribution >= 0.6 is 0 Å². The van der Waals surface area contributed by atoms with Gasteiger partial charge in [-0.15, -0.1) is 0 Å². The van der Waals surface area contributed by atoms with Crippen LogP contribution in [-0.2, 0) is 0 Å². The van der Waals surface area contributed by atoms with Crippen molar-refractivity contribution >= 4 is 16.4 Å². The van der Waals surface area contributed by atoms with Gasteiger partial charge in [0.05, 0.1) is 0 Å². The molecule has 6 heteroatoms. The second kappa shape index (κ2) is 5.09. The van der Waals surface area contributed by atoms with E-state index in [-0.39, 0.29) is 17.2 Å². The molecule has 2 heterocycles. The van der Waals surface area contributed by atoms with Crippen LogP contribution in [0.1, 0.15) is 0 Å². The summed E-state index contributed by atoms with van der Waals surface area (Å²) in [5.41, 5.74) is 2.09. The van der Waals surface area contributed by atoms with Crippen molar-refractivity contribution < 1.29 is 19.5 Å². The molecule has 2 N–H and O–H groups in total. The van der Waals surface area contributed by atoms with Gasteiger partial charge in [0.1, 0.15) is 11.0 Å². The zero-order valence-corrected chi connectivity index (χ0v) is 11.4. The van der Waals surface area contributed by atoms with E-state index in [1.807, 2.05) is 36.4 Å². The van der Waals surface area contributed by atoms with Crippen LogP contribution in [0.25, 0.3) is 22.1 Å². The normalized spacial score (nSPS) is 10.8. The highest BCUT2D eigenvalue weighted by Crippen LogP contribution is 2.21. The number of para-hydroxylation sites is 1. The minimum Gasteiger partial charge on any atom is -0.870 e. The Bertz CT molecular complexity index is 964. The number of nitrogens with zero attached hydrogens (tertiary/aromatic N) is 3. The van der Waals surface area contributed by atoms with Crippen LogP contribution in [0.5, 0.6) is 5.88 Å². The topological polar surface area (TPSA) is 72.2 Å². The molecule has 5 nitrogen and oxygen atoms in total. The fourth-order valence-corrected chi connectivity index (χ4v) is 2.45. The van der Waals surface area contributed by atoms with Crippen LogP contribution in [0.3, 0.4) is 0 Å². The van der Waals surface area contributed by atoms with Crippen molar-refractivity contribution in [3.05, 3.63) is 66.5 Å². The lowest BCUT2D eigenvalue weighted by Crippen LogP contribution is -2.25. The van der Waals surface area contributed by atoms with Crippen LogP contribution < -0.4 is 4.52 Å². The van der Waals surface area contributed by atoms with Crippen molar-refractivity contribution in [2.24, 2.45) is 0 Å². The van der Waals surface area contributed by atoms with Gasteiger partial charge in [0.25, 0.3) is 0 Å². The van der Waals surface area contributed by atoms with E-state index < -0.39 is 0 Å². The quantitative estimate of drug-likeness (QED) is 0.548. The first-order chi connectivity index (χ1) is 10.2. The Balaban J connectivity index is 0.00000144. The molecule has 4 aromatic rings. The molecule has 0 amide bonds. The molecule has 0 unspecified atom stereocenters. The molecule has 0 radical (unpaired) electrons. The lowest BCUT2D eigenvalue weighted by atomic mass is 10.2. The number of aromatic nitrogens is 3. The summed E-state index contributed by atoms with van der Waals surface area (Å²) >= 11 is 0. The van der Waals surface area contributed by atoms with E-state index in [2.05, 4.69) is 5.21 Å². The van der Waals surface area contributed by atoms with Crippen molar-refractivity contribution in [2.45, 2.75) is 0 Å². The SMILES string of the molecule is Oc1c2ccc3ccccc3[n+]2nn1-c1ccc(F)cc1.[OH-]. The Labute approximate surface area is 124 Å². The minimum absolute atomic E-state index is 0. The summed E-state index contributed by atoms with van der Waals surface area (Å²) in [6.07, 6.45) is 0. The number of pyridine rings is 1. The summed E-state index contributed by atoms with van der Waals surface area (Å²) in [4.78, 5) is 0. The lowest BCUT2D eigenvalue weighted by Gasteiger charge is -1.93. The molecule has 0 aliphatic rings. The molecule has 0 bridgehead atoms. The number of hydrogen-bond donors (Lipinski definition) is 1. The van der Waals surface area contributed by atoms with Gasteiger partial charge in [0.15, 0.2) is 11.2 Å². The third-order valence-corrected chi connectivity index (χ3v) is 3.49. The van der Waals surface area contributed by atoms with Crippen LogP contribution in [0.4, 0.5) is 4.39 Å². The van der Waals surface area contributed by atoms with E-state index >= 15 is 0 Å². The first-order valence-electron chi connectivity index (χ1n) is 6.52. The third kappa shape index (κ3) is 1.97. The molecule has 0 aliphatic carbocycles. The van der Waals surface area contributed by atoms with Gasteiger partial charge in [-0.1, -0.05) is 27.4 Å². The fourth-order valence-electron chi connectivity index (χ4n) is 2.45. The number of hydrogen-bond acceptors (Lipinski definition) is 3. The Morgan fingerprint density at radius 3 is 2.41 bits per heavy atom. The lowest BCUT2D eigenvalue weighted by molar-refractivity contribution is -0.555. The summed E-state index contributed by atoms with van der Waals surface area (Å²) in [6, 6.07) is 17.3. The van der Waals surface area contributed by atoms with Gasteiger partial charge in [-0.2, -0.15) is 0 Å². The summed E-state index contributed by atoms with van der Waals surface area (Å²) in [6.45, 7) is 0. The van der Waals surface area contributed by atoms with E-state index in [0.717, 1.165) is 10.9 Å². The maximum Gasteiger partial charge on any atom is 0.359 e. The fraction of sp³-hybridized carbons (Fsp3) is 0. The standard InChI is InChI=1S/C16H10FN3O.H2O/c17-12-6-8-13(9-7-12)19-16(21)15-10-5-11-3-1-2-4-14(11)20(15)18-19;/h1-10H;1H2. The van der Waals surface area contributed by atoms with Gasteiger partial charge in [-0.3, -0.25) is 0 Å². The number of aromatic hydroxyl groups is 1. The van der Waals surface area contributed by atoms with Crippen molar-refractivity contribution in [3.63, 3.8) is 0 Å². The molecule has 0 fully saturated rings. The second-order valence-electron chi connectivity index (χ2n) is 4.79. The highest BCUT2D eigenvalue weighted by Gasteiger charge is 2.22. The van der Waals surface area contributed by atoms with Crippen LogP contribution in [0.15, 0.2) is 60.7 Å². The van der Waals surface area contributed by atoms with E-state index in [0.29, 0.717) is 11.2 Å². The molecule has 0 aliphatic heterocycles. The number of benzene rings is 2. The summed E-state index contributed by atoms with van der Waals surface area (Å²) in [5, 5.41) is 15.8. The van der Waals surface area contributed by atoms with Crippen LogP contribution in [-0.4, -0.2) is 20.5 Å². The highest BCUT2D eigenvalue weighted by atomic mass is 19.1. The molecule has 2 aromatic carbocycles. The summed E-state index contributed by atoms with van der Waals surface area (Å²) < 4.78 is 16.1. The first kappa shape index (κ1) is 14.0. The predicted molar refractivity (Wildman–Crippen MR) is 77.8 cm³/mol. The molecule has 0 atom stereocenters. The van der Waals surface area contributed by atoms with Crippen molar-refractivity contribution in [3.8, 4) is 11.6 Å². The van der Waals surface area contributed by atoms with Gasteiger partial charge in [-0.25, -0.2) is 4.39 Å². The zero-order chi connectivity index (χ0) is 14.4. The largest absolute Gasteiger partial charge is 0.870 e. The second-order valence-corrected chi connectivity index (χ2v) is 4.79. The highest BCUT2D eigenvalue weighted by molar-refractivity contribution is 5.77. The maximum absolute atomic E-state index is 13.0. The Morgan fingerprint density at radius 2 is 1.64 bits per heavy atom. The van der Waals surface area contributed by atoms with Crippen LogP contribution in [0, 0.1) is 5.82 Å². The molecule has 0 spiro atoms. The zero-order valence-electron chi connectivity index (χ0n) is 11.4. The molecule has 110 valence electrons. The number of halogens is 1. The van der Waals surface area contributed by atoms with Crippen molar-refractivity contribution in [1.29, 1.82) is 0 Å². The molecular weight excluding hydrogens is 285 g/mol. The Morgan fingerprint density at radius 1 is 0.909 bits per heavy atom. The number of fused-ring (bicyclic) bond motifs is 3. The third-order valence-electron chi connectivity index (χ3n) is 3.49. The molecule has 22 heavy (non-hydrogen) atoms. The average molecular weight is 297 g/mol. The molecule has 4 rings (SSSR count). The first-order valence-corrected chi connectivity index (χ1v) is 6.52. The summed E-state index contributed by atoms with van der Waals surface area (Å²) in [5.74, 6) is -0.305. The van der Waals surface area contributed by atoms with Gasteiger partial charge in [-0.05, 0) is 42.5 Å². The van der Waals surface area contributed by atoms with E-state index in [9.17, 15) is 9.50 Å². The van der Waals surface area contributed by atoms with Crippen molar-refractivity contribution in [1.82, 2.24) is 9.90 Å². The smallest absolute Gasteiger partial charge is 0.359 e. The van der Waals surface area contributed by atoms with E-state index in [4.69, 9.17) is 0 Å². The van der Waals surface area contributed by atoms with Gasteiger partial charge in [0, 0.05) is 5.39 Å². The van der Waals surface area contributed by atoms with Gasteiger partial charge < -0.3 is 10.6 Å². The van der Waals surface area contributed by atoms with E-state index in [1.54, 1.807) is 16.6 Å². The minimum atomic E-state index is -0.326. The van der Waals surface area contributed by atoms with Gasteiger partial charge in [0.2, 0.25) is 5.52 Å².